The molecule has 0 saturated carbocycles. The van der Waals surface area contributed by atoms with E-state index >= 15 is 0 Å². The van der Waals surface area contributed by atoms with Crippen molar-refractivity contribution in [2.75, 3.05) is 12.4 Å². The number of aromatic nitrogens is 1. The summed E-state index contributed by atoms with van der Waals surface area (Å²) >= 11 is 6.93. The van der Waals surface area contributed by atoms with E-state index in [0.717, 1.165) is 11.4 Å². The molecule has 0 fully saturated rings. The summed E-state index contributed by atoms with van der Waals surface area (Å²) in [7, 11) is 1.62. The first-order valence-electron chi connectivity index (χ1n) is 7.56. The Morgan fingerprint density at radius 1 is 1.08 bits per heavy atom. The normalized spacial score (nSPS) is 11.6. The van der Waals surface area contributed by atoms with Gasteiger partial charge in [0.1, 0.15) is 5.75 Å². The number of pyridine rings is 1. The molecule has 3 aromatic rings. The Bertz CT molecular complexity index is 874. The third kappa shape index (κ3) is 4.04. The zero-order chi connectivity index (χ0) is 17.6. The minimum absolute atomic E-state index is 0.114. The third-order valence-corrected chi connectivity index (χ3v) is 4.66. The van der Waals surface area contributed by atoms with E-state index in [-0.39, 0.29) is 5.76 Å². The molecule has 2 heterocycles. The molecule has 0 aliphatic carbocycles. The Kier molecular flexibility index (Phi) is 5.42. The van der Waals surface area contributed by atoms with E-state index < -0.39 is 0 Å². The maximum Gasteiger partial charge on any atom is 0.239 e. The summed E-state index contributed by atoms with van der Waals surface area (Å²) in [6.07, 6.45) is 3.62. The van der Waals surface area contributed by atoms with Crippen molar-refractivity contribution in [3.8, 4) is 5.75 Å². The van der Waals surface area contributed by atoms with Crippen LogP contribution >= 0.6 is 23.6 Å². The van der Waals surface area contributed by atoms with Gasteiger partial charge < -0.3 is 15.2 Å². The van der Waals surface area contributed by atoms with E-state index in [0.29, 0.717) is 15.6 Å². The number of nitrogens with one attached hydrogen (secondary N) is 1. The van der Waals surface area contributed by atoms with Crippen LogP contribution in [0.5, 0.6) is 5.75 Å². The van der Waals surface area contributed by atoms with Crippen LogP contribution in [0.2, 0.25) is 0 Å². The number of thiophene rings is 1. The van der Waals surface area contributed by atoms with Crippen LogP contribution in [0.4, 0.5) is 5.69 Å². The van der Waals surface area contributed by atoms with Crippen LogP contribution in [0, 0.1) is 0 Å². The second-order valence-corrected chi connectivity index (χ2v) is 6.48. The van der Waals surface area contributed by atoms with Crippen LogP contribution in [0.25, 0.3) is 11.5 Å². The molecule has 4 nitrogen and oxygen atoms in total. The minimum atomic E-state index is -0.114. The second-order valence-electron chi connectivity index (χ2n) is 5.12. The zero-order valence-corrected chi connectivity index (χ0v) is 15.1. The van der Waals surface area contributed by atoms with Crippen molar-refractivity contribution in [2.24, 2.45) is 0 Å². The first-order chi connectivity index (χ1) is 12.2. The lowest BCUT2D eigenvalue weighted by atomic mass is 10.2. The number of rotatable bonds is 5. The smallest absolute Gasteiger partial charge is 0.239 e. The second kappa shape index (κ2) is 7.92. The molecular formula is C19H16N2O2S2. The van der Waals surface area contributed by atoms with Gasteiger partial charge in [-0.1, -0.05) is 24.4 Å². The van der Waals surface area contributed by atoms with E-state index in [1.54, 1.807) is 17.7 Å². The largest absolute Gasteiger partial charge is 0.867 e. The number of nitrogens with zero attached hydrogens (tertiary/aromatic N) is 1. The number of thiocarbonyl (C=S) groups is 1. The van der Waals surface area contributed by atoms with Crippen molar-refractivity contribution in [2.45, 2.75) is 0 Å². The molecule has 0 amide bonds. The fourth-order valence-corrected chi connectivity index (χ4v) is 3.26. The molecule has 2 aromatic heterocycles. The van der Waals surface area contributed by atoms with Gasteiger partial charge in [0.2, 0.25) is 5.70 Å². The fraction of sp³-hybridized carbons (Fsp3) is 0.0526. The van der Waals surface area contributed by atoms with Gasteiger partial charge in [-0.2, -0.15) is 4.57 Å². The highest BCUT2D eigenvalue weighted by Gasteiger charge is 2.18. The van der Waals surface area contributed by atoms with Gasteiger partial charge in [-0.25, -0.2) is 0 Å². The molecule has 0 atom stereocenters. The predicted molar refractivity (Wildman–Crippen MR) is 103 cm³/mol. The molecule has 0 bridgehead atoms. The summed E-state index contributed by atoms with van der Waals surface area (Å²) in [5.74, 6) is 0.643. The average Bonchev–Trinajstić information content (AvgIpc) is 3.18. The Morgan fingerprint density at radius 2 is 1.80 bits per heavy atom. The lowest BCUT2D eigenvalue weighted by Crippen LogP contribution is -2.39. The van der Waals surface area contributed by atoms with Crippen LogP contribution in [-0.4, -0.2) is 12.1 Å². The Morgan fingerprint density at radius 3 is 2.40 bits per heavy atom. The Labute approximate surface area is 155 Å². The highest BCUT2D eigenvalue weighted by molar-refractivity contribution is 7.81. The van der Waals surface area contributed by atoms with Crippen molar-refractivity contribution in [3.63, 3.8) is 0 Å². The monoisotopic (exact) mass is 368 g/mol. The molecule has 1 N–H and O–H groups in total. The van der Waals surface area contributed by atoms with E-state index in [4.69, 9.17) is 17.0 Å². The first kappa shape index (κ1) is 17.1. The first-order valence-corrected chi connectivity index (χ1v) is 8.85. The molecule has 126 valence electrons. The molecule has 25 heavy (non-hydrogen) atoms. The summed E-state index contributed by atoms with van der Waals surface area (Å²) in [6.45, 7) is 0. The highest BCUT2D eigenvalue weighted by atomic mass is 32.1. The van der Waals surface area contributed by atoms with Gasteiger partial charge in [0.05, 0.1) is 7.11 Å². The molecule has 0 unspecified atom stereocenters. The lowest BCUT2D eigenvalue weighted by Gasteiger charge is -2.15. The minimum Gasteiger partial charge on any atom is -0.867 e. The molecule has 0 saturated heterocycles. The Balaban J connectivity index is 1.96. The molecule has 3 rings (SSSR count). The fourth-order valence-electron chi connectivity index (χ4n) is 2.27. The van der Waals surface area contributed by atoms with Gasteiger partial charge in [-0.05, 0) is 41.5 Å². The van der Waals surface area contributed by atoms with Gasteiger partial charge in [0.15, 0.2) is 17.4 Å². The SMILES string of the molecule is COc1ccc(NC(=S)C(=C([O-])c2cccs2)[n+]2ccccc2)cc1. The maximum atomic E-state index is 12.9. The van der Waals surface area contributed by atoms with Gasteiger partial charge in [-0.3, -0.25) is 0 Å². The maximum absolute atomic E-state index is 12.9. The summed E-state index contributed by atoms with van der Waals surface area (Å²) in [5.41, 5.74) is 1.20. The van der Waals surface area contributed by atoms with E-state index in [1.807, 2.05) is 66.3 Å². The van der Waals surface area contributed by atoms with Crippen molar-refractivity contribution < 1.29 is 14.4 Å². The van der Waals surface area contributed by atoms with E-state index in [9.17, 15) is 5.11 Å². The average molecular weight is 368 g/mol. The molecule has 1 aromatic carbocycles. The summed E-state index contributed by atoms with van der Waals surface area (Å²) in [6, 6.07) is 16.6. The zero-order valence-electron chi connectivity index (χ0n) is 13.5. The molecule has 0 radical (unpaired) electrons. The van der Waals surface area contributed by atoms with Crippen LogP contribution in [0.1, 0.15) is 4.88 Å². The Hall–Kier alpha value is -2.70. The molecule has 6 heteroatoms. The summed E-state index contributed by atoms with van der Waals surface area (Å²) in [4.78, 5) is 1.00. The van der Waals surface area contributed by atoms with Crippen molar-refractivity contribution >= 4 is 45.7 Å². The van der Waals surface area contributed by atoms with Crippen molar-refractivity contribution in [1.82, 2.24) is 0 Å². The molecular weight excluding hydrogens is 352 g/mol. The van der Waals surface area contributed by atoms with Gasteiger partial charge in [-0.15, -0.1) is 11.3 Å². The highest BCUT2D eigenvalue weighted by Crippen LogP contribution is 2.21. The number of benzene rings is 1. The van der Waals surface area contributed by atoms with E-state index in [1.165, 1.54) is 11.3 Å². The summed E-state index contributed by atoms with van der Waals surface area (Å²) in [5, 5.41) is 18.0. The quantitative estimate of drug-likeness (QED) is 0.325. The number of hydrogen-bond donors (Lipinski definition) is 1. The predicted octanol–water partition coefficient (Wildman–Crippen LogP) is 3.17. The molecule has 0 aliphatic heterocycles. The van der Waals surface area contributed by atoms with E-state index in [2.05, 4.69) is 5.32 Å². The van der Waals surface area contributed by atoms with Gasteiger partial charge in [0, 0.05) is 22.7 Å². The van der Waals surface area contributed by atoms with Crippen molar-refractivity contribution in [1.29, 1.82) is 0 Å². The van der Waals surface area contributed by atoms with Crippen molar-refractivity contribution in [3.05, 3.63) is 77.2 Å². The lowest BCUT2D eigenvalue weighted by molar-refractivity contribution is -0.577. The number of anilines is 1. The van der Waals surface area contributed by atoms with Gasteiger partial charge in [0.25, 0.3) is 0 Å². The topological polar surface area (TPSA) is 48.2 Å². The molecule has 0 aliphatic rings. The number of hydrogen-bond acceptors (Lipinski definition) is 4. The molecule has 0 spiro atoms. The summed E-state index contributed by atoms with van der Waals surface area (Å²) < 4.78 is 6.89. The van der Waals surface area contributed by atoms with Crippen LogP contribution in [0.15, 0.2) is 72.4 Å². The number of ether oxygens (including phenoxy) is 1. The third-order valence-electron chi connectivity index (χ3n) is 3.50. The standard InChI is InChI=1S/C19H16N2O2S2/c1-23-15-9-7-14(8-10-15)20-19(24)17(21-11-3-2-4-12-21)18(22)16-6-5-13-25-16/h2-13H,1H3,(H-,20,22,24). The van der Waals surface area contributed by atoms with Crippen LogP contribution in [-0.2, 0) is 0 Å². The van der Waals surface area contributed by atoms with Crippen LogP contribution < -0.4 is 19.7 Å². The number of methoxy groups -OCH3 is 1. The van der Waals surface area contributed by atoms with Crippen LogP contribution in [0.3, 0.4) is 0 Å². The van der Waals surface area contributed by atoms with Gasteiger partial charge >= 0.3 is 0 Å².